The predicted octanol–water partition coefficient (Wildman–Crippen LogP) is 4.43. The fraction of sp³-hybridized carbons (Fsp3) is 0.0909. The van der Waals surface area contributed by atoms with Gasteiger partial charge in [0.15, 0.2) is 6.61 Å². The maximum atomic E-state index is 12.2. The molecule has 0 aliphatic rings. The Bertz CT molecular complexity index is 989. The molecule has 0 bridgehead atoms. The molecule has 5 nitrogen and oxygen atoms in total. The van der Waals surface area contributed by atoms with Crippen LogP contribution in [0.25, 0.3) is 0 Å². The van der Waals surface area contributed by atoms with Crippen molar-refractivity contribution in [3.63, 3.8) is 0 Å². The third-order valence-electron chi connectivity index (χ3n) is 4.04. The number of para-hydroxylation sites is 1. The molecule has 0 saturated carbocycles. The molecule has 2 N–H and O–H groups in total. The number of halogens is 1. The second-order valence-electron chi connectivity index (χ2n) is 6.11. The molecule has 6 heteroatoms. The molecule has 0 fully saturated rings. The van der Waals surface area contributed by atoms with Crippen LogP contribution >= 0.6 is 11.6 Å². The highest BCUT2D eigenvalue weighted by Gasteiger charge is 2.15. The summed E-state index contributed by atoms with van der Waals surface area (Å²) >= 11 is 5.74. The molecule has 3 aromatic rings. The molecular weight excluding hydrogens is 378 g/mol. The Labute approximate surface area is 167 Å². The molecule has 1 amide bonds. The number of hydrogen-bond donors (Lipinski definition) is 2. The highest BCUT2D eigenvalue weighted by atomic mass is 35.5. The fourth-order valence-electron chi connectivity index (χ4n) is 2.68. The number of phenolic OH excluding ortho intramolecular Hbond substituents is 1. The summed E-state index contributed by atoms with van der Waals surface area (Å²) in [4.78, 5) is 24.3. The molecule has 0 aromatic heterocycles. The van der Waals surface area contributed by atoms with Crippen molar-refractivity contribution in [2.75, 3.05) is 11.9 Å². The van der Waals surface area contributed by atoms with Gasteiger partial charge in [0.25, 0.3) is 5.91 Å². The summed E-state index contributed by atoms with van der Waals surface area (Å²) in [6.45, 7) is -0.472. The van der Waals surface area contributed by atoms with E-state index in [1.165, 1.54) is 18.2 Å². The summed E-state index contributed by atoms with van der Waals surface area (Å²) in [6.07, 6.45) is 0.662. The van der Waals surface area contributed by atoms with Crippen molar-refractivity contribution in [1.82, 2.24) is 0 Å². The molecule has 0 radical (unpaired) electrons. The maximum absolute atomic E-state index is 12.2. The van der Waals surface area contributed by atoms with Crippen LogP contribution in [0.5, 0.6) is 5.75 Å². The zero-order chi connectivity index (χ0) is 19.9. The van der Waals surface area contributed by atoms with Crippen molar-refractivity contribution < 1.29 is 19.4 Å². The van der Waals surface area contributed by atoms with Gasteiger partial charge in [-0.2, -0.15) is 0 Å². The average molecular weight is 396 g/mol. The van der Waals surface area contributed by atoms with Crippen LogP contribution in [0, 0.1) is 0 Å². The normalized spacial score (nSPS) is 10.3. The lowest BCUT2D eigenvalue weighted by Crippen LogP contribution is -2.21. The Hall–Kier alpha value is -3.31. The van der Waals surface area contributed by atoms with Crippen LogP contribution in [0.15, 0.2) is 72.8 Å². The Morgan fingerprint density at radius 2 is 1.68 bits per heavy atom. The van der Waals surface area contributed by atoms with Crippen LogP contribution in [0.3, 0.4) is 0 Å². The van der Waals surface area contributed by atoms with E-state index in [0.717, 1.165) is 11.1 Å². The summed E-state index contributed by atoms with van der Waals surface area (Å²) in [5, 5.41) is 12.8. The van der Waals surface area contributed by atoms with E-state index < -0.39 is 18.5 Å². The van der Waals surface area contributed by atoms with Crippen LogP contribution in [-0.2, 0) is 16.0 Å². The van der Waals surface area contributed by atoms with E-state index in [-0.39, 0.29) is 11.3 Å². The molecule has 0 atom stereocenters. The van der Waals surface area contributed by atoms with E-state index in [1.807, 2.05) is 48.5 Å². The van der Waals surface area contributed by atoms with E-state index in [2.05, 4.69) is 5.32 Å². The SMILES string of the molecule is O=C(COC(=O)c1ccc(Cl)cc1O)Nc1ccccc1Cc1ccccc1. The first kappa shape index (κ1) is 19.5. The lowest BCUT2D eigenvalue weighted by atomic mass is 10.0. The lowest BCUT2D eigenvalue weighted by Gasteiger charge is -2.12. The quantitative estimate of drug-likeness (QED) is 0.605. The van der Waals surface area contributed by atoms with Crippen molar-refractivity contribution in [2.45, 2.75) is 6.42 Å². The van der Waals surface area contributed by atoms with Gasteiger partial charge < -0.3 is 15.2 Å². The Morgan fingerprint density at radius 3 is 2.43 bits per heavy atom. The predicted molar refractivity (Wildman–Crippen MR) is 108 cm³/mol. The van der Waals surface area contributed by atoms with E-state index in [4.69, 9.17) is 16.3 Å². The van der Waals surface area contributed by atoms with Crippen LogP contribution < -0.4 is 5.32 Å². The smallest absolute Gasteiger partial charge is 0.342 e. The number of carbonyl (C=O) groups is 2. The van der Waals surface area contributed by atoms with Gasteiger partial charge in [-0.1, -0.05) is 60.1 Å². The topological polar surface area (TPSA) is 75.6 Å². The molecule has 0 aliphatic heterocycles. The first-order valence-corrected chi connectivity index (χ1v) is 8.98. The van der Waals surface area contributed by atoms with E-state index >= 15 is 0 Å². The van der Waals surface area contributed by atoms with Crippen molar-refractivity contribution in [3.05, 3.63) is 94.5 Å². The number of benzene rings is 3. The van der Waals surface area contributed by atoms with Crippen molar-refractivity contribution in [2.24, 2.45) is 0 Å². The summed E-state index contributed by atoms with van der Waals surface area (Å²) in [5.74, 6) is -1.57. The number of rotatable bonds is 6. The minimum absolute atomic E-state index is 0.0540. The van der Waals surface area contributed by atoms with Gasteiger partial charge in [0.2, 0.25) is 0 Å². The molecule has 28 heavy (non-hydrogen) atoms. The first-order valence-electron chi connectivity index (χ1n) is 8.60. The van der Waals surface area contributed by atoms with E-state index in [9.17, 15) is 14.7 Å². The van der Waals surface area contributed by atoms with Crippen LogP contribution in [0.4, 0.5) is 5.69 Å². The largest absolute Gasteiger partial charge is 0.507 e. The third kappa shape index (κ3) is 5.11. The minimum atomic E-state index is -0.804. The molecule has 0 unspecified atom stereocenters. The molecule has 3 aromatic carbocycles. The van der Waals surface area contributed by atoms with Crippen molar-refractivity contribution >= 4 is 29.2 Å². The highest BCUT2D eigenvalue weighted by Crippen LogP contribution is 2.23. The van der Waals surface area contributed by atoms with Gasteiger partial charge in [-0.15, -0.1) is 0 Å². The summed E-state index contributed by atoms with van der Waals surface area (Å²) in [5.41, 5.74) is 2.67. The van der Waals surface area contributed by atoms with E-state index in [1.54, 1.807) is 6.07 Å². The number of amides is 1. The molecule has 142 valence electrons. The lowest BCUT2D eigenvalue weighted by molar-refractivity contribution is -0.119. The molecule has 3 rings (SSSR count). The Morgan fingerprint density at radius 1 is 0.964 bits per heavy atom. The highest BCUT2D eigenvalue weighted by molar-refractivity contribution is 6.30. The number of carbonyl (C=O) groups excluding carboxylic acids is 2. The van der Waals surface area contributed by atoms with Gasteiger partial charge >= 0.3 is 5.97 Å². The molecule has 0 heterocycles. The van der Waals surface area contributed by atoms with Gasteiger partial charge in [-0.3, -0.25) is 4.79 Å². The average Bonchev–Trinajstić information content (AvgIpc) is 2.68. The zero-order valence-corrected chi connectivity index (χ0v) is 15.6. The molecular formula is C22H18ClNO4. The van der Waals surface area contributed by atoms with Gasteiger partial charge in [-0.05, 0) is 41.8 Å². The monoisotopic (exact) mass is 395 g/mol. The Kier molecular flexibility index (Phi) is 6.29. The van der Waals surface area contributed by atoms with E-state index in [0.29, 0.717) is 17.1 Å². The van der Waals surface area contributed by atoms with Gasteiger partial charge in [0.1, 0.15) is 11.3 Å². The van der Waals surface area contributed by atoms with Crippen LogP contribution in [-0.4, -0.2) is 23.6 Å². The fourth-order valence-corrected chi connectivity index (χ4v) is 2.85. The number of hydrogen-bond acceptors (Lipinski definition) is 4. The van der Waals surface area contributed by atoms with Crippen LogP contribution in [0.1, 0.15) is 21.5 Å². The van der Waals surface area contributed by atoms with Crippen molar-refractivity contribution in [1.29, 1.82) is 0 Å². The maximum Gasteiger partial charge on any atom is 0.342 e. The summed E-state index contributed by atoms with van der Waals surface area (Å²) in [7, 11) is 0. The summed E-state index contributed by atoms with van der Waals surface area (Å²) in [6, 6.07) is 21.4. The van der Waals surface area contributed by atoms with Gasteiger partial charge in [0.05, 0.1) is 0 Å². The first-order chi connectivity index (χ1) is 13.5. The number of aromatic hydroxyl groups is 1. The number of anilines is 1. The summed E-state index contributed by atoms with van der Waals surface area (Å²) < 4.78 is 4.99. The second kappa shape index (κ2) is 9.06. The van der Waals surface area contributed by atoms with Crippen LogP contribution in [0.2, 0.25) is 5.02 Å². The number of ether oxygens (including phenoxy) is 1. The second-order valence-corrected chi connectivity index (χ2v) is 6.54. The molecule has 0 saturated heterocycles. The minimum Gasteiger partial charge on any atom is -0.507 e. The van der Waals surface area contributed by atoms with Gasteiger partial charge in [-0.25, -0.2) is 4.79 Å². The standard InChI is InChI=1S/C22H18ClNO4/c23-17-10-11-18(20(25)13-17)22(27)28-14-21(26)24-19-9-5-4-8-16(19)12-15-6-2-1-3-7-15/h1-11,13,25H,12,14H2,(H,24,26). The number of phenols is 1. The van der Waals surface area contributed by atoms with Gasteiger partial charge in [0, 0.05) is 10.7 Å². The number of esters is 1. The zero-order valence-electron chi connectivity index (χ0n) is 14.9. The third-order valence-corrected chi connectivity index (χ3v) is 4.28. The molecule has 0 aliphatic carbocycles. The Balaban J connectivity index is 1.61. The van der Waals surface area contributed by atoms with Crippen molar-refractivity contribution in [3.8, 4) is 5.75 Å². The number of nitrogens with one attached hydrogen (secondary N) is 1. The molecule has 0 spiro atoms.